The first-order chi connectivity index (χ1) is 23.1. The van der Waals surface area contributed by atoms with Crippen LogP contribution in [-0.2, 0) is 29.0 Å². The molecule has 13 heteroatoms. The van der Waals surface area contributed by atoms with Crippen molar-refractivity contribution in [2.24, 2.45) is 34.3 Å². The Kier molecular flexibility index (Phi) is 10.1. The molecule has 7 atom stereocenters. The quantitative estimate of drug-likeness (QED) is 0.234. The van der Waals surface area contributed by atoms with Gasteiger partial charge in [0.05, 0.1) is 15.5 Å². The van der Waals surface area contributed by atoms with E-state index < -0.39 is 72.0 Å². The molecule has 1 saturated heterocycles. The van der Waals surface area contributed by atoms with Gasteiger partial charge in [-0.1, -0.05) is 72.6 Å². The number of nitrogens with two attached hydrogens (primary N) is 1. The third-order valence-corrected chi connectivity index (χ3v) is 16.8. The number of likely N-dealkylation sites (tertiary alicyclic amines) is 1. The number of ketones is 1. The van der Waals surface area contributed by atoms with Gasteiger partial charge in [-0.05, 0) is 88.4 Å². The lowest BCUT2D eigenvalue weighted by Gasteiger charge is -2.46. The molecular formula is C37H61N5O7S. The molecule has 1 unspecified atom stereocenters. The highest BCUT2D eigenvalue weighted by Crippen LogP contribution is 2.65. The molecule has 1 aliphatic heterocycles. The normalized spacial score (nSPS) is 32.1. The molecule has 1 heterocycles. The van der Waals surface area contributed by atoms with Gasteiger partial charge < -0.3 is 26.6 Å². The summed E-state index contributed by atoms with van der Waals surface area (Å²) in [5, 5.41) is 8.23. The van der Waals surface area contributed by atoms with Crippen LogP contribution in [0.3, 0.4) is 0 Å². The van der Waals surface area contributed by atoms with Gasteiger partial charge in [0.15, 0.2) is 9.84 Å². The molecule has 0 bridgehead atoms. The van der Waals surface area contributed by atoms with Crippen molar-refractivity contribution in [1.82, 2.24) is 20.9 Å². The number of hydrogen-bond donors (Lipinski definition) is 4. The van der Waals surface area contributed by atoms with E-state index in [0.29, 0.717) is 45.1 Å². The minimum Gasteiger partial charge on any atom is -0.363 e. The predicted octanol–water partition coefficient (Wildman–Crippen LogP) is 3.75. The molecule has 5 N–H and O–H groups in total. The van der Waals surface area contributed by atoms with Crippen LogP contribution < -0.4 is 21.7 Å². The number of piperidine rings is 1. The van der Waals surface area contributed by atoms with Crippen LogP contribution >= 0.6 is 0 Å². The van der Waals surface area contributed by atoms with Gasteiger partial charge in [0.1, 0.15) is 17.6 Å². The van der Waals surface area contributed by atoms with Crippen LogP contribution in [0.1, 0.15) is 132 Å². The predicted molar refractivity (Wildman–Crippen MR) is 190 cm³/mol. The maximum absolute atomic E-state index is 14.9. The number of nitrogens with zero attached hydrogens (tertiary/aromatic N) is 1. The molecule has 0 spiro atoms. The average Bonchev–Trinajstić information content (AvgIpc) is 3.80. The fraction of sp³-hybridized carbons (Fsp3) is 0.865. The Hall–Kier alpha value is -2.70. The fourth-order valence-corrected chi connectivity index (χ4v) is 12.0. The van der Waals surface area contributed by atoms with E-state index in [1.807, 2.05) is 13.8 Å². The zero-order chi connectivity index (χ0) is 37.2. The van der Waals surface area contributed by atoms with Crippen LogP contribution in [0.2, 0.25) is 0 Å². The number of primary amides is 1. The highest BCUT2D eigenvalue weighted by Gasteiger charge is 2.71. The lowest BCUT2D eigenvalue weighted by atomic mass is 9.70. The number of rotatable bonds is 11. The first-order valence-corrected chi connectivity index (χ1v) is 20.4. The van der Waals surface area contributed by atoms with Gasteiger partial charge in [-0.25, -0.2) is 13.2 Å². The molecule has 0 aromatic rings. The Labute approximate surface area is 298 Å². The number of Topliss-reactive ketones (excluding diaryl/α,β-unsaturated/α-hetero) is 1. The number of fused-ring (bicyclic) bond motifs is 1. The second-order valence-electron chi connectivity index (χ2n) is 18.1. The van der Waals surface area contributed by atoms with E-state index in [9.17, 15) is 32.4 Å². The Bertz CT molecular complexity index is 1510. The Morgan fingerprint density at radius 3 is 1.96 bits per heavy atom. The third-order valence-electron chi connectivity index (χ3n) is 13.8. The molecule has 50 heavy (non-hydrogen) atoms. The van der Waals surface area contributed by atoms with E-state index in [0.717, 1.165) is 38.5 Å². The van der Waals surface area contributed by atoms with Crippen molar-refractivity contribution in [1.29, 1.82) is 0 Å². The van der Waals surface area contributed by atoms with E-state index in [1.54, 1.807) is 32.6 Å². The molecule has 12 nitrogen and oxygen atoms in total. The van der Waals surface area contributed by atoms with Crippen molar-refractivity contribution in [2.75, 3.05) is 6.54 Å². The highest BCUT2D eigenvalue weighted by molar-refractivity contribution is 7.93. The molecule has 5 rings (SSSR count). The van der Waals surface area contributed by atoms with Gasteiger partial charge in [0, 0.05) is 6.54 Å². The zero-order valence-electron chi connectivity index (χ0n) is 31.4. The summed E-state index contributed by atoms with van der Waals surface area (Å²) in [5.74, 6) is -3.02. The standard InChI is InChI=1S/C37H61N5O7S/c1-9-23-20-37(23,28(43)29(38)44)40-30(45)26-25-24(34(25,6)7)21-42(26)31(46)27(35(8)16-12-10-13-17-35)39-32(47)41-36(18-14-11-15-19-36)22(2)50(48,49)33(3,4)5/h22-27H,9-21H2,1-8H3,(H2,38,44)(H,40,45)(H2,39,41,47)/t22-,23-,24+,25+,26+,27-,37?/m1/s1. The summed E-state index contributed by atoms with van der Waals surface area (Å²) in [6.45, 7) is 15.1. The van der Waals surface area contributed by atoms with Gasteiger partial charge in [-0.3, -0.25) is 19.2 Å². The maximum Gasteiger partial charge on any atom is 0.315 e. The molecule has 5 amide bonds. The molecule has 282 valence electrons. The van der Waals surface area contributed by atoms with Crippen LogP contribution in [-0.4, -0.2) is 82.6 Å². The van der Waals surface area contributed by atoms with E-state index in [-0.39, 0.29) is 29.1 Å². The maximum atomic E-state index is 14.9. The van der Waals surface area contributed by atoms with Crippen LogP contribution in [0, 0.1) is 28.6 Å². The van der Waals surface area contributed by atoms with E-state index in [2.05, 4.69) is 29.8 Å². The van der Waals surface area contributed by atoms with Crippen molar-refractivity contribution in [3.63, 3.8) is 0 Å². The lowest BCUT2D eigenvalue weighted by molar-refractivity contribution is -0.146. The zero-order valence-corrected chi connectivity index (χ0v) is 32.3. The monoisotopic (exact) mass is 719 g/mol. The van der Waals surface area contributed by atoms with Crippen molar-refractivity contribution >= 4 is 39.4 Å². The number of nitrogens with one attached hydrogen (secondary N) is 3. The summed E-state index contributed by atoms with van der Waals surface area (Å²) in [6.07, 6.45) is 8.70. The summed E-state index contributed by atoms with van der Waals surface area (Å²) in [5.41, 5.74) is 2.27. The second kappa shape index (κ2) is 13.1. The smallest absolute Gasteiger partial charge is 0.315 e. The van der Waals surface area contributed by atoms with E-state index >= 15 is 0 Å². The Balaban J connectivity index is 1.44. The molecule has 5 fully saturated rings. The molecule has 4 aliphatic carbocycles. The van der Waals surface area contributed by atoms with Gasteiger partial charge in [-0.15, -0.1) is 0 Å². The van der Waals surface area contributed by atoms with Crippen LogP contribution in [0.4, 0.5) is 4.79 Å². The van der Waals surface area contributed by atoms with Crippen molar-refractivity contribution in [3.05, 3.63) is 0 Å². The summed E-state index contributed by atoms with van der Waals surface area (Å²) in [4.78, 5) is 69.8. The van der Waals surface area contributed by atoms with Gasteiger partial charge in [0.2, 0.25) is 17.6 Å². The summed E-state index contributed by atoms with van der Waals surface area (Å²) in [6, 6.07) is -2.41. The van der Waals surface area contributed by atoms with E-state index in [1.165, 1.54) is 0 Å². The number of hydrogen-bond acceptors (Lipinski definition) is 7. The van der Waals surface area contributed by atoms with Crippen LogP contribution in [0.5, 0.6) is 0 Å². The second-order valence-corrected chi connectivity index (χ2v) is 21.1. The van der Waals surface area contributed by atoms with Crippen molar-refractivity contribution in [2.45, 2.75) is 166 Å². The lowest BCUT2D eigenvalue weighted by Crippen LogP contribution is -2.66. The van der Waals surface area contributed by atoms with Gasteiger partial charge in [0.25, 0.3) is 5.91 Å². The SMILES string of the molecule is CC[C@@H]1CC1(NC(=O)[C@@H]1[C@@H]2[C@H](CN1C(=O)[C@@H](NC(=O)NC1([C@@H](C)S(=O)(=O)C(C)(C)C)CCCCC1)C1(C)CCCCC1)C2(C)C)C(=O)C(N)=O. The number of amides is 5. The Morgan fingerprint density at radius 1 is 0.900 bits per heavy atom. The van der Waals surface area contributed by atoms with Crippen LogP contribution in [0.15, 0.2) is 0 Å². The summed E-state index contributed by atoms with van der Waals surface area (Å²) >= 11 is 0. The molecular weight excluding hydrogens is 659 g/mol. The Morgan fingerprint density at radius 2 is 1.46 bits per heavy atom. The van der Waals surface area contributed by atoms with Crippen LogP contribution in [0.25, 0.3) is 0 Å². The van der Waals surface area contributed by atoms with Gasteiger partial charge >= 0.3 is 6.03 Å². The highest BCUT2D eigenvalue weighted by atomic mass is 32.2. The molecule has 0 aromatic heterocycles. The summed E-state index contributed by atoms with van der Waals surface area (Å²) < 4.78 is 26.5. The van der Waals surface area contributed by atoms with Gasteiger partial charge in [-0.2, -0.15) is 0 Å². The number of carbonyl (C=O) groups excluding carboxylic acids is 5. The number of carbonyl (C=O) groups is 5. The van der Waals surface area contributed by atoms with Crippen molar-refractivity contribution in [3.8, 4) is 0 Å². The number of sulfone groups is 1. The molecule has 4 saturated carbocycles. The first kappa shape index (κ1) is 38.5. The first-order valence-electron chi connectivity index (χ1n) is 18.9. The average molecular weight is 720 g/mol. The molecule has 0 aromatic carbocycles. The molecule has 0 radical (unpaired) electrons. The van der Waals surface area contributed by atoms with E-state index in [4.69, 9.17) is 5.73 Å². The minimum atomic E-state index is -3.64. The fourth-order valence-electron chi connectivity index (χ4n) is 10.0. The number of urea groups is 1. The summed E-state index contributed by atoms with van der Waals surface area (Å²) in [7, 11) is -3.64. The largest absolute Gasteiger partial charge is 0.363 e. The topological polar surface area (TPSA) is 185 Å². The molecule has 5 aliphatic rings. The minimum absolute atomic E-state index is 0.0637. The third kappa shape index (κ3) is 6.46. The van der Waals surface area contributed by atoms with Crippen molar-refractivity contribution < 1.29 is 32.4 Å².